The number of nitro benzene ring substituents is 1. The smallest absolute Gasteiger partial charge is 0.345 e. The number of hydrogen-bond donors (Lipinski definition) is 0. The lowest BCUT2D eigenvalue weighted by atomic mass is 10.1. The van der Waals surface area contributed by atoms with E-state index in [0.717, 1.165) is 11.1 Å². The molecule has 176 valence electrons. The molecule has 3 aromatic heterocycles. The van der Waals surface area contributed by atoms with Crippen LogP contribution in [0.2, 0.25) is 5.02 Å². The van der Waals surface area contributed by atoms with E-state index in [2.05, 4.69) is 4.98 Å². The molecule has 0 unspecified atom stereocenters. The van der Waals surface area contributed by atoms with Gasteiger partial charge in [0.05, 0.1) is 21.7 Å². The number of carbonyl (C=O) groups excluding carboxylic acids is 2. The number of halogens is 1. The lowest BCUT2D eigenvalue weighted by Crippen LogP contribution is -2.08. The van der Waals surface area contributed by atoms with E-state index in [1.165, 1.54) is 30.3 Å². The molecule has 9 heteroatoms. The zero-order valence-electron chi connectivity index (χ0n) is 18.5. The van der Waals surface area contributed by atoms with Crippen molar-refractivity contribution in [2.45, 2.75) is 0 Å². The largest absolute Gasteiger partial charge is 0.423 e. The quantitative estimate of drug-likeness (QED) is 0.0934. The highest BCUT2D eigenvalue weighted by Crippen LogP contribution is 2.28. The highest BCUT2D eigenvalue weighted by Gasteiger charge is 2.23. The van der Waals surface area contributed by atoms with Crippen molar-refractivity contribution < 1.29 is 19.2 Å². The van der Waals surface area contributed by atoms with Crippen LogP contribution in [0.5, 0.6) is 5.75 Å². The molecular formula is C27H16ClN3O5. The molecule has 0 amide bonds. The molecule has 5 rings (SSSR count). The molecule has 36 heavy (non-hydrogen) atoms. The van der Waals surface area contributed by atoms with Gasteiger partial charge in [-0.2, -0.15) is 0 Å². The molecule has 0 N–H and O–H groups in total. The number of hydrogen-bond acceptors (Lipinski definition) is 6. The molecule has 0 saturated carbocycles. The van der Waals surface area contributed by atoms with E-state index in [9.17, 15) is 19.7 Å². The van der Waals surface area contributed by atoms with E-state index in [4.69, 9.17) is 16.3 Å². The summed E-state index contributed by atoms with van der Waals surface area (Å²) in [4.78, 5) is 40.9. The maximum absolute atomic E-state index is 13.3. The van der Waals surface area contributed by atoms with E-state index < -0.39 is 10.9 Å². The number of benzene rings is 2. The van der Waals surface area contributed by atoms with Gasteiger partial charge in [-0.25, -0.2) is 4.79 Å². The Balaban J connectivity index is 1.59. The predicted octanol–water partition coefficient (Wildman–Crippen LogP) is 6.01. The predicted molar refractivity (Wildman–Crippen MR) is 134 cm³/mol. The topological polar surface area (TPSA) is 104 Å². The fraction of sp³-hybridized carbons (Fsp3) is 0. The first-order valence-corrected chi connectivity index (χ1v) is 11.1. The number of pyridine rings is 2. The van der Waals surface area contributed by atoms with Crippen LogP contribution in [-0.4, -0.2) is 26.1 Å². The maximum Gasteiger partial charge on any atom is 0.345 e. The number of rotatable bonds is 6. The van der Waals surface area contributed by atoms with Gasteiger partial charge < -0.3 is 9.14 Å². The minimum atomic E-state index is -0.705. The molecule has 0 atom stereocenters. The van der Waals surface area contributed by atoms with Crippen molar-refractivity contribution in [3.8, 4) is 16.9 Å². The summed E-state index contributed by atoms with van der Waals surface area (Å²) in [5.74, 6) is -0.864. The third kappa shape index (κ3) is 4.45. The van der Waals surface area contributed by atoms with Crippen molar-refractivity contribution in [2.24, 2.45) is 0 Å². The summed E-state index contributed by atoms with van der Waals surface area (Å²) < 4.78 is 7.12. The number of nitro groups is 1. The Morgan fingerprint density at radius 2 is 1.58 bits per heavy atom. The summed E-state index contributed by atoms with van der Waals surface area (Å²) in [7, 11) is 0. The number of esters is 1. The third-order valence-corrected chi connectivity index (χ3v) is 5.85. The standard InChI is InChI=1S/C27H16ClN3O5/c28-20-3-1-18(2-4-20)26(32)25-16-23(27(33)36-22-7-5-21(6-8-22)31(34)35)24-15-19(11-14-30(24)25)17-9-12-29-13-10-17/h1-16H. The molecule has 3 heterocycles. The second-order valence-electron chi connectivity index (χ2n) is 7.83. The second kappa shape index (κ2) is 9.44. The van der Waals surface area contributed by atoms with Crippen molar-refractivity contribution in [2.75, 3.05) is 0 Å². The fourth-order valence-corrected chi connectivity index (χ4v) is 3.93. The number of non-ortho nitro benzene ring substituents is 1. The second-order valence-corrected chi connectivity index (χ2v) is 8.26. The molecule has 8 nitrogen and oxygen atoms in total. The van der Waals surface area contributed by atoms with Crippen LogP contribution in [0.3, 0.4) is 0 Å². The summed E-state index contributed by atoms with van der Waals surface area (Å²) in [5.41, 5.74) is 2.89. The molecule has 0 spiro atoms. The van der Waals surface area contributed by atoms with Crippen LogP contribution >= 0.6 is 11.6 Å². The van der Waals surface area contributed by atoms with Crippen molar-refractivity contribution >= 4 is 34.6 Å². The molecule has 0 saturated heterocycles. The third-order valence-electron chi connectivity index (χ3n) is 5.60. The summed E-state index contributed by atoms with van der Waals surface area (Å²) in [6.45, 7) is 0. The van der Waals surface area contributed by atoms with Gasteiger partial charge in [-0.15, -0.1) is 0 Å². The van der Waals surface area contributed by atoms with Crippen LogP contribution < -0.4 is 4.74 Å². The zero-order valence-corrected chi connectivity index (χ0v) is 19.3. The van der Waals surface area contributed by atoms with Crippen LogP contribution in [0.15, 0.2) is 97.5 Å². The van der Waals surface area contributed by atoms with Gasteiger partial charge in [0.2, 0.25) is 5.78 Å². The van der Waals surface area contributed by atoms with Gasteiger partial charge >= 0.3 is 5.97 Å². The number of carbonyl (C=O) groups is 2. The summed E-state index contributed by atoms with van der Waals surface area (Å²) in [6.07, 6.45) is 5.05. The number of ketones is 1. The van der Waals surface area contributed by atoms with Crippen molar-refractivity contribution in [3.05, 3.63) is 129 Å². The van der Waals surface area contributed by atoms with E-state index in [1.54, 1.807) is 53.3 Å². The Morgan fingerprint density at radius 1 is 0.889 bits per heavy atom. The minimum absolute atomic E-state index is 0.123. The highest BCUT2D eigenvalue weighted by atomic mass is 35.5. The van der Waals surface area contributed by atoms with Gasteiger partial charge in [-0.3, -0.25) is 19.9 Å². The number of aromatic nitrogens is 2. The average molecular weight is 498 g/mol. The first kappa shape index (κ1) is 22.9. The number of fused-ring (bicyclic) bond motifs is 1. The Hall–Kier alpha value is -4.82. The van der Waals surface area contributed by atoms with Crippen LogP contribution in [0.4, 0.5) is 5.69 Å². The molecule has 0 radical (unpaired) electrons. The summed E-state index contributed by atoms with van der Waals surface area (Å²) in [5, 5.41) is 11.4. The minimum Gasteiger partial charge on any atom is -0.423 e. The first-order valence-electron chi connectivity index (χ1n) is 10.7. The molecule has 0 aliphatic carbocycles. The molecular weight excluding hydrogens is 482 g/mol. The van der Waals surface area contributed by atoms with Crippen molar-refractivity contribution in [3.63, 3.8) is 0 Å². The average Bonchev–Trinajstić information content (AvgIpc) is 3.28. The normalized spacial score (nSPS) is 10.8. The van der Waals surface area contributed by atoms with Gasteiger partial charge in [0.25, 0.3) is 5.69 Å². The molecule has 0 aliphatic rings. The van der Waals surface area contributed by atoms with Crippen molar-refractivity contribution in [1.82, 2.24) is 9.38 Å². The van der Waals surface area contributed by atoms with E-state index >= 15 is 0 Å². The van der Waals surface area contributed by atoms with Crippen LogP contribution in [0, 0.1) is 10.1 Å². The van der Waals surface area contributed by atoms with Gasteiger partial charge in [0.15, 0.2) is 0 Å². The monoisotopic (exact) mass is 497 g/mol. The van der Waals surface area contributed by atoms with Crippen LogP contribution in [0.25, 0.3) is 16.6 Å². The Kier molecular flexibility index (Phi) is 6.02. The van der Waals surface area contributed by atoms with Gasteiger partial charge in [-0.1, -0.05) is 11.6 Å². The highest BCUT2D eigenvalue weighted by molar-refractivity contribution is 6.30. The first-order chi connectivity index (χ1) is 17.4. The Bertz CT molecular complexity index is 1610. The SMILES string of the molecule is O=C(Oc1ccc([N+](=O)[O-])cc1)c1cc(C(=O)c2ccc(Cl)cc2)n2ccc(-c3ccncc3)cc12. The van der Waals surface area contributed by atoms with Gasteiger partial charge in [0, 0.05) is 41.3 Å². The van der Waals surface area contributed by atoms with E-state index in [-0.39, 0.29) is 28.5 Å². The molecule has 0 fully saturated rings. The zero-order chi connectivity index (χ0) is 25.2. The molecule has 5 aromatic rings. The number of nitrogens with zero attached hydrogens (tertiary/aromatic N) is 3. The summed E-state index contributed by atoms with van der Waals surface area (Å²) >= 11 is 5.96. The molecule has 2 aromatic carbocycles. The van der Waals surface area contributed by atoms with E-state index in [1.807, 2.05) is 18.2 Å². The van der Waals surface area contributed by atoms with Crippen LogP contribution in [0.1, 0.15) is 26.4 Å². The Labute approximate surface area is 209 Å². The lowest BCUT2D eigenvalue weighted by molar-refractivity contribution is -0.384. The van der Waals surface area contributed by atoms with Crippen molar-refractivity contribution in [1.29, 1.82) is 0 Å². The van der Waals surface area contributed by atoms with Crippen LogP contribution in [-0.2, 0) is 0 Å². The number of ether oxygens (including phenoxy) is 1. The van der Waals surface area contributed by atoms with E-state index in [0.29, 0.717) is 16.1 Å². The molecule has 0 bridgehead atoms. The lowest BCUT2D eigenvalue weighted by Gasteiger charge is -2.07. The fourth-order valence-electron chi connectivity index (χ4n) is 3.81. The van der Waals surface area contributed by atoms with Gasteiger partial charge in [-0.05, 0) is 77.9 Å². The maximum atomic E-state index is 13.3. The Morgan fingerprint density at radius 3 is 2.25 bits per heavy atom. The summed E-state index contributed by atoms with van der Waals surface area (Å²) in [6, 6.07) is 20.4. The van der Waals surface area contributed by atoms with Gasteiger partial charge in [0.1, 0.15) is 5.75 Å². The molecule has 0 aliphatic heterocycles.